The minimum Gasteiger partial charge on any atom is -0.347 e. The van der Waals surface area contributed by atoms with E-state index in [0.29, 0.717) is 6.04 Å². The van der Waals surface area contributed by atoms with E-state index in [1.165, 1.54) is 33.1 Å². The smallest absolute Gasteiger partial charge is 0.135 e. The van der Waals surface area contributed by atoms with E-state index in [1.807, 2.05) is 0 Å². The maximum absolute atomic E-state index is 2.40. The van der Waals surface area contributed by atoms with Crippen LogP contribution in [-0.2, 0) is 10.8 Å². The first kappa shape index (κ1) is 18.1. The van der Waals surface area contributed by atoms with Gasteiger partial charge in [-0.25, -0.2) is 0 Å². The van der Waals surface area contributed by atoms with Crippen LogP contribution in [0.25, 0.3) is 0 Å². The summed E-state index contributed by atoms with van der Waals surface area (Å²) < 4.78 is 0. The average molecular weight is 360 g/mol. The molecule has 2 unspecified atom stereocenters. The maximum Gasteiger partial charge on any atom is 0.135 e. The summed E-state index contributed by atoms with van der Waals surface area (Å²) in [7, 11) is 4.47. The average Bonchev–Trinajstić information content (AvgIpc) is 2.96. The van der Waals surface area contributed by atoms with E-state index in [2.05, 4.69) is 113 Å². The van der Waals surface area contributed by atoms with E-state index in [-0.39, 0.29) is 10.8 Å². The van der Waals surface area contributed by atoms with Gasteiger partial charge in [0.05, 0.1) is 12.5 Å². The Morgan fingerprint density at radius 1 is 0.926 bits per heavy atom. The Labute approximate surface area is 163 Å². The van der Waals surface area contributed by atoms with E-state index >= 15 is 0 Å². The molecule has 0 aromatic heterocycles. The molecule has 2 aromatic carbocycles. The third-order valence-corrected chi connectivity index (χ3v) is 6.79. The fourth-order valence-electron chi connectivity index (χ4n) is 5.21. The van der Waals surface area contributed by atoms with E-state index in [9.17, 15) is 0 Å². The van der Waals surface area contributed by atoms with Crippen LogP contribution in [0.5, 0.6) is 0 Å². The molecule has 0 amide bonds. The molecular weight excluding hydrogens is 328 g/mol. The number of hydrogen-bond donors (Lipinski definition) is 1. The van der Waals surface area contributed by atoms with Gasteiger partial charge in [-0.15, -0.1) is 0 Å². The Balaban J connectivity index is 1.65. The number of allylic oxidation sites excluding steroid dienone is 3. The summed E-state index contributed by atoms with van der Waals surface area (Å²) >= 11 is 0. The van der Waals surface area contributed by atoms with E-state index in [4.69, 9.17) is 0 Å². The summed E-state index contributed by atoms with van der Waals surface area (Å²) in [5.74, 6) is 0. The molecule has 2 aromatic rings. The zero-order valence-electron chi connectivity index (χ0n) is 17.4. The molecule has 1 N–H and O–H groups in total. The van der Waals surface area contributed by atoms with Crippen molar-refractivity contribution in [1.29, 1.82) is 0 Å². The zero-order chi connectivity index (χ0) is 19.4. The van der Waals surface area contributed by atoms with Crippen LogP contribution >= 0.6 is 0 Å². The second kappa shape index (κ2) is 6.10. The van der Waals surface area contributed by atoms with Crippen molar-refractivity contribution in [3.8, 4) is 0 Å². The summed E-state index contributed by atoms with van der Waals surface area (Å²) in [6.07, 6.45) is 6.99. The van der Waals surface area contributed by atoms with Gasteiger partial charge >= 0.3 is 0 Å². The minimum absolute atomic E-state index is 0.0304. The van der Waals surface area contributed by atoms with Gasteiger partial charge in [-0.3, -0.25) is 4.90 Å². The van der Waals surface area contributed by atoms with Gasteiger partial charge in [-0.05, 0) is 43.7 Å². The molecule has 0 radical (unpaired) electrons. The Hall–Kier alpha value is -2.32. The molecule has 2 heterocycles. The van der Waals surface area contributed by atoms with Crippen molar-refractivity contribution in [2.24, 2.45) is 0 Å². The molecular formula is C25H31N2+. The van der Waals surface area contributed by atoms with Crippen LogP contribution in [0, 0.1) is 0 Å². The topological polar surface area (TPSA) is 7.68 Å². The van der Waals surface area contributed by atoms with Gasteiger partial charge in [0.2, 0.25) is 0 Å². The highest BCUT2D eigenvalue weighted by atomic mass is 15.2. The summed E-state index contributed by atoms with van der Waals surface area (Å²) in [4.78, 5) is 3.82. The SMILES string of the molecule is CN1C(=CC=CC2[NH+](C)c3ccccc3C2(C)C)C(C)(C)c2ccccc21. The van der Waals surface area contributed by atoms with Gasteiger partial charge in [0.1, 0.15) is 11.7 Å². The second-order valence-electron chi connectivity index (χ2n) is 9.07. The first-order chi connectivity index (χ1) is 12.8. The van der Waals surface area contributed by atoms with Gasteiger partial charge in [0.15, 0.2) is 0 Å². The number of benzene rings is 2. The van der Waals surface area contributed by atoms with Crippen LogP contribution in [0.2, 0.25) is 0 Å². The van der Waals surface area contributed by atoms with Crippen LogP contribution in [0.1, 0.15) is 38.8 Å². The lowest BCUT2D eigenvalue weighted by molar-refractivity contribution is -0.828. The van der Waals surface area contributed by atoms with Crippen LogP contribution in [0.15, 0.2) is 72.5 Å². The molecule has 0 spiro atoms. The van der Waals surface area contributed by atoms with Gasteiger partial charge < -0.3 is 4.90 Å². The molecule has 0 bridgehead atoms. The lowest BCUT2D eigenvalue weighted by Crippen LogP contribution is -3.07. The Morgan fingerprint density at radius 3 is 2.22 bits per heavy atom. The fourth-order valence-corrected chi connectivity index (χ4v) is 5.21. The van der Waals surface area contributed by atoms with Gasteiger partial charge in [-0.2, -0.15) is 0 Å². The van der Waals surface area contributed by atoms with E-state index < -0.39 is 0 Å². The molecule has 0 fully saturated rings. The van der Waals surface area contributed by atoms with Crippen LogP contribution in [-0.4, -0.2) is 20.1 Å². The number of quaternary nitrogens is 1. The van der Waals surface area contributed by atoms with Crippen LogP contribution < -0.4 is 9.80 Å². The highest BCUT2D eigenvalue weighted by molar-refractivity contribution is 5.70. The third-order valence-electron chi connectivity index (χ3n) is 6.79. The molecule has 140 valence electrons. The van der Waals surface area contributed by atoms with Gasteiger partial charge in [0.25, 0.3) is 0 Å². The molecule has 0 saturated carbocycles. The van der Waals surface area contributed by atoms with Crippen molar-refractivity contribution in [3.05, 3.63) is 83.6 Å². The predicted octanol–water partition coefficient (Wildman–Crippen LogP) is 4.36. The zero-order valence-corrected chi connectivity index (χ0v) is 17.4. The lowest BCUT2D eigenvalue weighted by atomic mass is 9.80. The Morgan fingerprint density at radius 2 is 1.56 bits per heavy atom. The van der Waals surface area contributed by atoms with Gasteiger partial charge in [0, 0.05) is 29.4 Å². The molecule has 2 heteroatoms. The Kier molecular flexibility index (Phi) is 4.08. The van der Waals surface area contributed by atoms with Gasteiger partial charge in [-0.1, -0.05) is 56.3 Å². The molecule has 2 atom stereocenters. The molecule has 0 aliphatic carbocycles. The first-order valence-corrected chi connectivity index (χ1v) is 9.92. The van der Waals surface area contributed by atoms with Crippen molar-refractivity contribution in [1.82, 2.24) is 0 Å². The monoisotopic (exact) mass is 359 g/mol. The van der Waals surface area contributed by atoms with E-state index in [1.54, 1.807) is 0 Å². The number of rotatable bonds is 2. The highest BCUT2D eigenvalue weighted by Gasteiger charge is 2.46. The molecule has 2 aliphatic heterocycles. The summed E-state index contributed by atoms with van der Waals surface area (Å²) in [6.45, 7) is 9.38. The van der Waals surface area contributed by atoms with Crippen molar-refractivity contribution in [2.75, 3.05) is 19.0 Å². The number of anilines is 1. The van der Waals surface area contributed by atoms with Crippen LogP contribution in [0.4, 0.5) is 11.4 Å². The molecule has 2 nitrogen and oxygen atoms in total. The quantitative estimate of drug-likeness (QED) is 0.837. The number of hydrogen-bond acceptors (Lipinski definition) is 1. The number of likely N-dealkylation sites (N-methyl/N-ethyl adjacent to an activating group) is 2. The predicted molar refractivity (Wildman–Crippen MR) is 115 cm³/mol. The summed E-state index contributed by atoms with van der Waals surface area (Å²) in [5, 5.41) is 0. The summed E-state index contributed by atoms with van der Waals surface area (Å²) in [6, 6.07) is 18.0. The number of fused-ring (bicyclic) bond motifs is 2. The summed E-state index contributed by atoms with van der Waals surface area (Å²) in [5.41, 5.74) is 7.14. The fraction of sp³-hybridized carbons (Fsp3) is 0.360. The lowest BCUT2D eigenvalue weighted by Gasteiger charge is -2.26. The minimum atomic E-state index is 0.0304. The largest absolute Gasteiger partial charge is 0.347 e. The van der Waals surface area contributed by atoms with Crippen molar-refractivity contribution >= 4 is 11.4 Å². The number of nitrogens with one attached hydrogen (secondary N) is 1. The molecule has 2 aliphatic rings. The van der Waals surface area contributed by atoms with Crippen molar-refractivity contribution in [3.63, 3.8) is 0 Å². The molecule has 4 rings (SSSR count). The second-order valence-corrected chi connectivity index (χ2v) is 9.07. The van der Waals surface area contributed by atoms with E-state index in [0.717, 1.165) is 0 Å². The normalized spacial score (nSPS) is 26.6. The maximum atomic E-state index is 2.40. The molecule has 27 heavy (non-hydrogen) atoms. The standard InChI is InChI=1S/C25H30N2/c1-24(2)18-12-7-9-14-20(18)26(5)22(24)16-11-17-23-25(3,4)19-13-8-10-15-21(19)27(23)6/h7-17,22H,1-6H3/p+1. The van der Waals surface area contributed by atoms with Crippen molar-refractivity contribution in [2.45, 2.75) is 44.6 Å². The Bertz CT molecular complexity index is 933. The first-order valence-electron chi connectivity index (χ1n) is 9.92. The highest BCUT2D eigenvalue weighted by Crippen LogP contribution is 2.46. The number of nitrogens with zero attached hydrogens (tertiary/aromatic N) is 1. The van der Waals surface area contributed by atoms with Crippen LogP contribution in [0.3, 0.4) is 0 Å². The number of para-hydroxylation sites is 2. The third kappa shape index (κ3) is 2.58. The van der Waals surface area contributed by atoms with Crippen molar-refractivity contribution < 1.29 is 4.90 Å². The molecule has 0 saturated heterocycles.